The number of hydrogen-bond donors (Lipinski definition) is 1. The Morgan fingerprint density at radius 2 is 1.95 bits per heavy atom. The van der Waals surface area contributed by atoms with Crippen molar-refractivity contribution in [2.24, 2.45) is 5.92 Å². The van der Waals surface area contributed by atoms with Crippen molar-refractivity contribution in [1.82, 2.24) is 10.2 Å². The molecule has 0 spiro atoms. The summed E-state index contributed by atoms with van der Waals surface area (Å²) in [5.74, 6) is 0.779. The number of nitrogens with zero attached hydrogens (tertiary/aromatic N) is 1. The fraction of sp³-hybridized carbons (Fsp3) is 1.00. The summed E-state index contributed by atoms with van der Waals surface area (Å²) >= 11 is 0. The molecule has 4 heteroatoms. The first-order valence-corrected chi connectivity index (χ1v) is 7.86. The van der Waals surface area contributed by atoms with Gasteiger partial charge in [-0.3, -0.25) is 0 Å². The Morgan fingerprint density at radius 3 is 2.63 bits per heavy atom. The van der Waals surface area contributed by atoms with Gasteiger partial charge in [0.2, 0.25) is 0 Å². The maximum Gasteiger partial charge on any atom is 0.0590 e. The van der Waals surface area contributed by atoms with E-state index in [2.05, 4.69) is 17.1 Å². The number of likely N-dealkylation sites (tertiary alicyclic amines) is 1. The predicted octanol–water partition coefficient (Wildman–Crippen LogP) is 1.75. The van der Waals surface area contributed by atoms with E-state index >= 15 is 0 Å². The topological polar surface area (TPSA) is 33.7 Å². The van der Waals surface area contributed by atoms with E-state index in [0.29, 0.717) is 0 Å². The molecule has 4 nitrogen and oxygen atoms in total. The molecule has 0 aromatic rings. The monoisotopic (exact) mass is 272 g/mol. The summed E-state index contributed by atoms with van der Waals surface area (Å²) in [6, 6.07) is 0. The molecule has 0 aliphatic carbocycles. The van der Waals surface area contributed by atoms with Gasteiger partial charge >= 0.3 is 0 Å². The summed E-state index contributed by atoms with van der Waals surface area (Å²) in [5, 5.41) is 3.45. The van der Waals surface area contributed by atoms with E-state index in [1.54, 1.807) is 7.11 Å². The number of piperidine rings is 1. The third-order valence-corrected chi connectivity index (χ3v) is 3.78. The van der Waals surface area contributed by atoms with Crippen molar-refractivity contribution in [3.63, 3.8) is 0 Å². The van der Waals surface area contributed by atoms with Crippen LogP contribution in [0.4, 0.5) is 0 Å². The number of methoxy groups -OCH3 is 1. The zero-order valence-electron chi connectivity index (χ0n) is 12.8. The second-order valence-electron chi connectivity index (χ2n) is 5.46. The minimum atomic E-state index is 0.779. The smallest absolute Gasteiger partial charge is 0.0590 e. The van der Waals surface area contributed by atoms with Crippen molar-refractivity contribution in [2.45, 2.75) is 32.6 Å². The van der Waals surface area contributed by atoms with E-state index in [1.165, 1.54) is 38.8 Å². The maximum atomic E-state index is 5.52. The van der Waals surface area contributed by atoms with E-state index in [-0.39, 0.29) is 0 Å². The van der Waals surface area contributed by atoms with Crippen LogP contribution in [0.2, 0.25) is 0 Å². The lowest BCUT2D eigenvalue weighted by molar-refractivity contribution is 0.0988. The Bertz CT molecular complexity index is 195. The average molecular weight is 272 g/mol. The number of rotatable bonds is 11. The quantitative estimate of drug-likeness (QED) is 0.581. The molecule has 0 bridgehead atoms. The molecule has 1 aliphatic heterocycles. The molecule has 0 aromatic heterocycles. The van der Waals surface area contributed by atoms with Crippen molar-refractivity contribution in [1.29, 1.82) is 0 Å². The van der Waals surface area contributed by atoms with Crippen molar-refractivity contribution in [3.8, 4) is 0 Å². The number of unbranched alkanes of at least 4 members (excludes halogenated alkanes) is 1. The van der Waals surface area contributed by atoms with Crippen molar-refractivity contribution in [3.05, 3.63) is 0 Å². The van der Waals surface area contributed by atoms with Crippen LogP contribution in [-0.4, -0.2) is 64.6 Å². The molecule has 1 rings (SSSR count). The van der Waals surface area contributed by atoms with Gasteiger partial charge in [0.25, 0.3) is 0 Å². The van der Waals surface area contributed by atoms with E-state index < -0.39 is 0 Å². The Kier molecular flexibility index (Phi) is 10.4. The molecule has 0 atom stereocenters. The minimum absolute atomic E-state index is 0.779. The molecule has 0 unspecified atom stereocenters. The van der Waals surface area contributed by atoms with Gasteiger partial charge in [0.1, 0.15) is 0 Å². The normalized spacial score (nSPS) is 18.0. The molecule has 0 saturated carbocycles. The number of nitrogens with one attached hydrogen (secondary N) is 1. The zero-order chi connectivity index (χ0) is 13.8. The van der Waals surface area contributed by atoms with Crippen LogP contribution in [-0.2, 0) is 9.47 Å². The minimum Gasteiger partial charge on any atom is -0.384 e. The highest BCUT2D eigenvalue weighted by molar-refractivity contribution is 4.72. The van der Waals surface area contributed by atoms with Crippen LogP contribution in [0.1, 0.15) is 32.6 Å². The van der Waals surface area contributed by atoms with Gasteiger partial charge in [0, 0.05) is 40.0 Å². The van der Waals surface area contributed by atoms with Crippen LogP contribution in [0.25, 0.3) is 0 Å². The first-order valence-electron chi connectivity index (χ1n) is 7.86. The van der Waals surface area contributed by atoms with Crippen LogP contribution in [0.5, 0.6) is 0 Å². The highest BCUT2D eigenvalue weighted by Gasteiger charge is 2.18. The summed E-state index contributed by atoms with van der Waals surface area (Å²) in [7, 11) is 1.80. The highest BCUT2D eigenvalue weighted by atomic mass is 16.5. The van der Waals surface area contributed by atoms with Crippen molar-refractivity contribution < 1.29 is 9.47 Å². The van der Waals surface area contributed by atoms with Crippen molar-refractivity contribution in [2.75, 3.05) is 59.7 Å². The molecule has 0 aromatic carbocycles. The zero-order valence-corrected chi connectivity index (χ0v) is 12.8. The number of hydrogen-bond acceptors (Lipinski definition) is 4. The molecule has 1 aliphatic rings. The van der Waals surface area contributed by atoms with Crippen LogP contribution < -0.4 is 5.32 Å². The Hall–Kier alpha value is -0.160. The van der Waals surface area contributed by atoms with Gasteiger partial charge in [-0.1, -0.05) is 13.3 Å². The van der Waals surface area contributed by atoms with Crippen LogP contribution >= 0.6 is 0 Å². The van der Waals surface area contributed by atoms with Gasteiger partial charge < -0.3 is 19.7 Å². The summed E-state index contributed by atoms with van der Waals surface area (Å²) in [4.78, 5) is 2.55. The van der Waals surface area contributed by atoms with Gasteiger partial charge in [0.15, 0.2) is 0 Å². The van der Waals surface area contributed by atoms with Gasteiger partial charge in [-0.05, 0) is 38.3 Å². The lowest BCUT2D eigenvalue weighted by atomic mass is 9.98. The van der Waals surface area contributed by atoms with Crippen molar-refractivity contribution >= 4 is 0 Å². The molecule has 1 saturated heterocycles. The van der Waals surface area contributed by atoms with E-state index in [9.17, 15) is 0 Å². The molecule has 1 fully saturated rings. The lowest BCUT2D eigenvalue weighted by Crippen LogP contribution is -2.39. The Morgan fingerprint density at radius 1 is 1.16 bits per heavy atom. The lowest BCUT2D eigenvalue weighted by Gasteiger charge is -2.31. The van der Waals surface area contributed by atoms with Gasteiger partial charge in [0.05, 0.1) is 6.61 Å². The highest BCUT2D eigenvalue weighted by Crippen LogP contribution is 2.16. The van der Waals surface area contributed by atoms with E-state index in [0.717, 1.165) is 45.4 Å². The standard InChI is InChI=1S/C15H32N2O2/c1-3-4-12-19-13-8-16-7-11-17-9-5-15(6-10-17)14-18-2/h15-16H,3-14H2,1-2H3. The van der Waals surface area contributed by atoms with Gasteiger partial charge in [-0.25, -0.2) is 0 Å². The van der Waals surface area contributed by atoms with E-state index in [4.69, 9.17) is 9.47 Å². The molecule has 0 radical (unpaired) electrons. The Labute approximate surface area is 118 Å². The van der Waals surface area contributed by atoms with Crippen LogP contribution in [0.3, 0.4) is 0 Å². The van der Waals surface area contributed by atoms with Crippen LogP contribution in [0.15, 0.2) is 0 Å². The second-order valence-corrected chi connectivity index (χ2v) is 5.46. The fourth-order valence-corrected chi connectivity index (χ4v) is 2.47. The largest absolute Gasteiger partial charge is 0.384 e. The molecular formula is C15H32N2O2. The molecule has 1 heterocycles. The molecule has 1 N–H and O–H groups in total. The van der Waals surface area contributed by atoms with Gasteiger partial charge in [-0.15, -0.1) is 0 Å². The fourth-order valence-electron chi connectivity index (χ4n) is 2.47. The van der Waals surface area contributed by atoms with E-state index in [1.807, 2.05) is 0 Å². The first kappa shape index (κ1) is 16.9. The van der Waals surface area contributed by atoms with Gasteiger partial charge in [-0.2, -0.15) is 0 Å². The molecule has 19 heavy (non-hydrogen) atoms. The SMILES string of the molecule is CCCCOCCNCCN1CCC(COC)CC1. The third kappa shape index (κ3) is 8.58. The van der Waals surface area contributed by atoms with Crippen LogP contribution in [0, 0.1) is 5.92 Å². The third-order valence-electron chi connectivity index (χ3n) is 3.78. The average Bonchev–Trinajstić information content (AvgIpc) is 2.44. The molecule has 0 amide bonds. The maximum absolute atomic E-state index is 5.52. The second kappa shape index (κ2) is 11.6. The number of ether oxygens (including phenoxy) is 2. The summed E-state index contributed by atoms with van der Waals surface area (Å²) < 4.78 is 10.7. The summed E-state index contributed by atoms with van der Waals surface area (Å²) in [6.45, 7) is 10.5. The first-order chi connectivity index (χ1) is 9.36. The molecule has 114 valence electrons. The Balaban J connectivity index is 1.85. The molecular weight excluding hydrogens is 240 g/mol. The predicted molar refractivity (Wildman–Crippen MR) is 79.6 cm³/mol. The summed E-state index contributed by atoms with van der Waals surface area (Å²) in [5.41, 5.74) is 0. The summed E-state index contributed by atoms with van der Waals surface area (Å²) in [6.07, 6.45) is 4.96.